The van der Waals surface area contributed by atoms with E-state index in [-0.39, 0.29) is 11.6 Å². The highest BCUT2D eigenvalue weighted by molar-refractivity contribution is 5.65. The lowest BCUT2D eigenvalue weighted by Gasteiger charge is -2.07. The lowest BCUT2D eigenvalue weighted by Crippen LogP contribution is -1.94. The van der Waals surface area contributed by atoms with Gasteiger partial charge in [-0.25, -0.2) is 4.39 Å². The third-order valence-electron chi connectivity index (χ3n) is 4.11. The van der Waals surface area contributed by atoms with Crippen molar-refractivity contribution >= 4 is 0 Å². The zero-order chi connectivity index (χ0) is 17.8. The predicted octanol–water partition coefficient (Wildman–Crippen LogP) is 6.33. The number of rotatable bonds is 5. The molecule has 0 bridgehead atoms. The molecule has 0 radical (unpaired) electrons. The second-order valence-corrected chi connectivity index (χ2v) is 5.95. The van der Waals surface area contributed by atoms with Gasteiger partial charge in [-0.05, 0) is 29.8 Å². The SMILES string of the molecule is Fc1cc(-c2ccccc2)oc1-c1ccc(OCc2ccccc2)cc1. The summed E-state index contributed by atoms with van der Waals surface area (Å²) in [5.74, 6) is 1.11. The van der Waals surface area contributed by atoms with Gasteiger partial charge >= 0.3 is 0 Å². The molecular weight excluding hydrogens is 327 g/mol. The normalized spacial score (nSPS) is 10.7. The first-order valence-corrected chi connectivity index (χ1v) is 8.41. The van der Waals surface area contributed by atoms with Crippen LogP contribution >= 0.6 is 0 Å². The summed E-state index contributed by atoms with van der Waals surface area (Å²) in [6.07, 6.45) is 0. The van der Waals surface area contributed by atoms with Crippen LogP contribution in [0.25, 0.3) is 22.6 Å². The summed E-state index contributed by atoms with van der Waals surface area (Å²) < 4.78 is 25.8. The van der Waals surface area contributed by atoms with Crippen LogP contribution in [0.15, 0.2) is 95.4 Å². The molecule has 2 nitrogen and oxygen atoms in total. The van der Waals surface area contributed by atoms with E-state index in [1.54, 1.807) is 12.1 Å². The van der Waals surface area contributed by atoms with Gasteiger partial charge in [0.05, 0.1) is 0 Å². The fourth-order valence-electron chi connectivity index (χ4n) is 2.75. The molecule has 0 aliphatic carbocycles. The lowest BCUT2D eigenvalue weighted by molar-refractivity contribution is 0.306. The molecule has 0 atom stereocenters. The van der Waals surface area contributed by atoms with E-state index in [1.165, 1.54) is 6.07 Å². The summed E-state index contributed by atoms with van der Waals surface area (Å²) in [4.78, 5) is 0. The Morgan fingerprint density at radius 3 is 2.08 bits per heavy atom. The molecule has 1 aromatic heterocycles. The maximum atomic E-state index is 14.3. The molecule has 0 aliphatic rings. The summed E-state index contributed by atoms with van der Waals surface area (Å²) in [6.45, 7) is 0.494. The number of furan rings is 1. The quantitative estimate of drug-likeness (QED) is 0.422. The molecule has 128 valence electrons. The van der Waals surface area contributed by atoms with Crippen LogP contribution in [0.1, 0.15) is 5.56 Å². The van der Waals surface area contributed by atoms with Gasteiger partial charge in [-0.2, -0.15) is 0 Å². The van der Waals surface area contributed by atoms with Crippen molar-refractivity contribution in [2.24, 2.45) is 0 Å². The molecule has 0 N–H and O–H groups in total. The minimum Gasteiger partial charge on any atom is -0.489 e. The van der Waals surface area contributed by atoms with Gasteiger partial charge < -0.3 is 9.15 Å². The monoisotopic (exact) mass is 344 g/mol. The van der Waals surface area contributed by atoms with Crippen molar-refractivity contribution in [3.05, 3.63) is 102 Å². The van der Waals surface area contributed by atoms with Gasteiger partial charge in [-0.3, -0.25) is 0 Å². The highest BCUT2D eigenvalue weighted by Gasteiger charge is 2.14. The minimum atomic E-state index is -0.373. The molecule has 0 spiro atoms. The Bertz CT molecular complexity index is 974. The van der Waals surface area contributed by atoms with Gasteiger partial charge in [0, 0.05) is 17.2 Å². The van der Waals surface area contributed by atoms with E-state index in [0.29, 0.717) is 17.9 Å². The maximum Gasteiger partial charge on any atom is 0.170 e. The van der Waals surface area contributed by atoms with Crippen molar-refractivity contribution in [2.45, 2.75) is 6.61 Å². The molecule has 4 rings (SSSR count). The number of halogens is 1. The summed E-state index contributed by atoms with van der Waals surface area (Å²) in [5, 5.41) is 0. The molecule has 0 fully saturated rings. The molecule has 1 heterocycles. The Kier molecular flexibility index (Phi) is 4.52. The van der Waals surface area contributed by atoms with Gasteiger partial charge in [0.25, 0.3) is 0 Å². The van der Waals surface area contributed by atoms with Crippen LogP contribution < -0.4 is 4.74 Å². The summed E-state index contributed by atoms with van der Waals surface area (Å²) in [6, 6.07) is 28.1. The van der Waals surface area contributed by atoms with Gasteiger partial charge in [-0.1, -0.05) is 60.7 Å². The van der Waals surface area contributed by atoms with Crippen molar-refractivity contribution in [2.75, 3.05) is 0 Å². The third-order valence-corrected chi connectivity index (χ3v) is 4.11. The summed E-state index contributed by atoms with van der Waals surface area (Å²) >= 11 is 0. The number of hydrogen-bond acceptors (Lipinski definition) is 2. The highest BCUT2D eigenvalue weighted by atomic mass is 19.1. The number of hydrogen-bond donors (Lipinski definition) is 0. The van der Waals surface area contributed by atoms with E-state index in [4.69, 9.17) is 9.15 Å². The highest BCUT2D eigenvalue weighted by Crippen LogP contribution is 2.32. The van der Waals surface area contributed by atoms with Crippen molar-refractivity contribution in [3.63, 3.8) is 0 Å². The van der Waals surface area contributed by atoms with E-state index < -0.39 is 0 Å². The average Bonchev–Trinajstić information content (AvgIpc) is 3.10. The third kappa shape index (κ3) is 3.52. The first-order valence-electron chi connectivity index (χ1n) is 8.41. The van der Waals surface area contributed by atoms with Gasteiger partial charge in [0.2, 0.25) is 0 Å². The summed E-state index contributed by atoms with van der Waals surface area (Å²) in [5.41, 5.74) is 2.62. The zero-order valence-corrected chi connectivity index (χ0v) is 14.1. The van der Waals surface area contributed by atoms with E-state index in [1.807, 2.05) is 72.8 Å². The molecule has 4 aromatic rings. The molecule has 0 amide bonds. The largest absolute Gasteiger partial charge is 0.489 e. The maximum absolute atomic E-state index is 14.3. The lowest BCUT2D eigenvalue weighted by atomic mass is 10.1. The van der Waals surface area contributed by atoms with E-state index in [2.05, 4.69) is 0 Å². The number of ether oxygens (including phenoxy) is 1. The molecule has 0 unspecified atom stereocenters. The van der Waals surface area contributed by atoms with Crippen molar-refractivity contribution in [1.29, 1.82) is 0 Å². The van der Waals surface area contributed by atoms with Crippen LogP contribution in [0.5, 0.6) is 5.75 Å². The second kappa shape index (κ2) is 7.28. The minimum absolute atomic E-state index is 0.235. The summed E-state index contributed by atoms with van der Waals surface area (Å²) in [7, 11) is 0. The topological polar surface area (TPSA) is 22.4 Å². The number of benzene rings is 3. The van der Waals surface area contributed by atoms with Crippen LogP contribution in [0.3, 0.4) is 0 Å². The molecule has 3 aromatic carbocycles. The first-order chi connectivity index (χ1) is 12.8. The van der Waals surface area contributed by atoms with Crippen molar-refractivity contribution < 1.29 is 13.5 Å². The van der Waals surface area contributed by atoms with Crippen LogP contribution in [-0.4, -0.2) is 0 Å². The molecule has 0 saturated heterocycles. The van der Waals surface area contributed by atoms with E-state index >= 15 is 0 Å². The molecule has 3 heteroatoms. The fourth-order valence-corrected chi connectivity index (χ4v) is 2.75. The standard InChI is InChI=1S/C23H17FO2/c24-21-15-22(18-9-5-2-6-10-18)26-23(21)19-11-13-20(14-12-19)25-16-17-7-3-1-4-8-17/h1-15H,16H2. The smallest absolute Gasteiger partial charge is 0.170 e. The van der Waals surface area contributed by atoms with Gasteiger partial charge in [0.15, 0.2) is 11.6 Å². The Labute approximate surface area is 151 Å². The Morgan fingerprint density at radius 2 is 1.38 bits per heavy atom. The van der Waals surface area contributed by atoms with Gasteiger partial charge in [0.1, 0.15) is 18.1 Å². The fraction of sp³-hybridized carbons (Fsp3) is 0.0435. The Morgan fingerprint density at radius 1 is 0.731 bits per heavy atom. The average molecular weight is 344 g/mol. The van der Waals surface area contributed by atoms with Crippen LogP contribution in [0, 0.1) is 5.82 Å². The second-order valence-electron chi connectivity index (χ2n) is 5.95. The zero-order valence-electron chi connectivity index (χ0n) is 14.1. The first kappa shape index (κ1) is 16.2. The predicted molar refractivity (Wildman–Crippen MR) is 100 cm³/mol. The molecule has 26 heavy (non-hydrogen) atoms. The van der Waals surface area contributed by atoms with Gasteiger partial charge in [-0.15, -0.1) is 0 Å². The van der Waals surface area contributed by atoms with Crippen molar-refractivity contribution in [1.82, 2.24) is 0 Å². The molecule has 0 aliphatic heterocycles. The van der Waals surface area contributed by atoms with E-state index in [0.717, 1.165) is 16.9 Å². The van der Waals surface area contributed by atoms with Crippen LogP contribution in [0.4, 0.5) is 4.39 Å². The Hall–Kier alpha value is -3.33. The molecular formula is C23H17FO2. The van der Waals surface area contributed by atoms with Crippen molar-refractivity contribution in [3.8, 4) is 28.4 Å². The van der Waals surface area contributed by atoms with E-state index in [9.17, 15) is 4.39 Å². The molecule has 0 saturated carbocycles. The Balaban J connectivity index is 1.51. The van der Waals surface area contributed by atoms with Crippen LogP contribution in [0.2, 0.25) is 0 Å². The van der Waals surface area contributed by atoms with Crippen LogP contribution in [-0.2, 0) is 6.61 Å².